The molecule has 2 fully saturated rings. The molecule has 0 radical (unpaired) electrons. The van der Waals surface area contributed by atoms with Crippen LogP contribution in [0.25, 0.3) is 11.1 Å². The quantitative estimate of drug-likeness (QED) is 0.350. The monoisotopic (exact) mass is 548 g/mol. The first-order chi connectivity index (χ1) is 19.1. The third kappa shape index (κ3) is 5.96. The minimum absolute atomic E-state index is 0.000305. The molecule has 2 aromatic carbocycles. The van der Waals surface area contributed by atoms with Crippen LogP contribution in [0.1, 0.15) is 76.3 Å². The Balaban J connectivity index is 1.25. The molecule has 3 aliphatic rings. The molecule has 8 heteroatoms. The van der Waals surface area contributed by atoms with E-state index in [-0.39, 0.29) is 48.6 Å². The average Bonchev–Trinajstić information content (AvgIpc) is 3.22. The van der Waals surface area contributed by atoms with Gasteiger partial charge < -0.3 is 24.4 Å². The highest BCUT2D eigenvalue weighted by atomic mass is 16.6. The van der Waals surface area contributed by atoms with Crippen molar-refractivity contribution in [3.05, 3.63) is 59.7 Å². The first-order valence-electron chi connectivity index (χ1n) is 14.3. The number of nitrogens with one attached hydrogen (secondary N) is 1. The van der Waals surface area contributed by atoms with Gasteiger partial charge in [0, 0.05) is 24.0 Å². The molecule has 0 aromatic heterocycles. The smallest absolute Gasteiger partial charge is 0.410 e. The number of hydrogen-bond donors (Lipinski definition) is 1. The van der Waals surface area contributed by atoms with E-state index in [1.807, 2.05) is 49.9 Å². The summed E-state index contributed by atoms with van der Waals surface area (Å²) in [7, 11) is 1.40. The number of methoxy groups -OCH3 is 1. The van der Waals surface area contributed by atoms with E-state index in [2.05, 4.69) is 29.6 Å². The number of amides is 2. The minimum Gasteiger partial charge on any atom is -0.469 e. The van der Waals surface area contributed by atoms with Crippen molar-refractivity contribution in [3.63, 3.8) is 0 Å². The van der Waals surface area contributed by atoms with Gasteiger partial charge in [0.2, 0.25) is 0 Å². The summed E-state index contributed by atoms with van der Waals surface area (Å²) in [4.78, 5) is 39.9. The van der Waals surface area contributed by atoms with Crippen LogP contribution in [0.2, 0.25) is 0 Å². The molecular weight excluding hydrogens is 508 g/mol. The lowest BCUT2D eigenvalue weighted by molar-refractivity contribution is -0.151. The van der Waals surface area contributed by atoms with Crippen LogP contribution in [0.3, 0.4) is 0 Å². The maximum absolute atomic E-state index is 13.7. The number of carbonyl (C=O) groups excluding carboxylic acids is 3. The number of rotatable bonds is 6. The summed E-state index contributed by atoms with van der Waals surface area (Å²) in [6.07, 6.45) is 3.37. The Morgan fingerprint density at radius 2 is 1.45 bits per heavy atom. The van der Waals surface area contributed by atoms with Gasteiger partial charge >= 0.3 is 18.2 Å². The minimum atomic E-state index is -0.553. The standard InChI is InChI=1S/C32H40N2O6/c1-32(2,3)40-30(36)33-21-13-15-22(16-14-21)34(23-17-20(18-23)29(35)38-4)31(37)39-19-28-26-11-7-5-9-24(26)25-10-6-8-12-27(25)28/h5-12,20-23,28H,13-19H2,1-4H3,(H,33,36). The lowest BCUT2D eigenvalue weighted by Gasteiger charge is -2.46. The van der Waals surface area contributed by atoms with E-state index >= 15 is 0 Å². The number of fused-ring (bicyclic) bond motifs is 3. The van der Waals surface area contributed by atoms with E-state index in [0.29, 0.717) is 12.8 Å². The first kappa shape index (κ1) is 28.0. The second-order valence-electron chi connectivity index (χ2n) is 12.2. The number of benzene rings is 2. The third-order valence-electron chi connectivity index (χ3n) is 8.40. The van der Waals surface area contributed by atoms with Crippen molar-refractivity contribution < 1.29 is 28.6 Å². The normalized spacial score (nSPS) is 23.7. The maximum atomic E-state index is 13.7. The lowest BCUT2D eigenvalue weighted by Crippen LogP contribution is -2.56. The molecule has 0 spiro atoms. The van der Waals surface area contributed by atoms with Crippen molar-refractivity contribution in [1.82, 2.24) is 10.2 Å². The Morgan fingerprint density at radius 1 is 0.875 bits per heavy atom. The fourth-order valence-corrected chi connectivity index (χ4v) is 6.41. The molecule has 1 N–H and O–H groups in total. The van der Waals surface area contributed by atoms with E-state index in [1.54, 1.807) is 0 Å². The lowest BCUT2D eigenvalue weighted by atomic mass is 9.77. The van der Waals surface area contributed by atoms with Crippen molar-refractivity contribution in [2.45, 2.75) is 88.9 Å². The summed E-state index contributed by atoms with van der Waals surface area (Å²) in [5.41, 5.74) is 4.17. The van der Waals surface area contributed by atoms with Gasteiger partial charge in [0.05, 0.1) is 13.0 Å². The summed E-state index contributed by atoms with van der Waals surface area (Å²) < 4.78 is 16.4. The summed E-state index contributed by atoms with van der Waals surface area (Å²) in [5, 5.41) is 2.97. The molecule has 8 nitrogen and oxygen atoms in total. The predicted octanol–water partition coefficient (Wildman–Crippen LogP) is 6.03. The van der Waals surface area contributed by atoms with Gasteiger partial charge in [-0.25, -0.2) is 9.59 Å². The summed E-state index contributed by atoms with van der Waals surface area (Å²) in [5.74, 6) is -0.436. The van der Waals surface area contributed by atoms with Crippen molar-refractivity contribution in [2.24, 2.45) is 5.92 Å². The number of hydrogen-bond acceptors (Lipinski definition) is 6. The van der Waals surface area contributed by atoms with E-state index in [9.17, 15) is 14.4 Å². The molecule has 0 heterocycles. The molecule has 2 aromatic rings. The van der Waals surface area contributed by atoms with Crippen LogP contribution in [-0.4, -0.2) is 60.5 Å². The van der Waals surface area contributed by atoms with Crippen LogP contribution in [0.15, 0.2) is 48.5 Å². The molecule has 0 saturated heterocycles. The molecule has 214 valence electrons. The molecule has 5 rings (SSSR count). The van der Waals surface area contributed by atoms with Gasteiger partial charge in [0.15, 0.2) is 0 Å². The molecule has 0 unspecified atom stereocenters. The van der Waals surface area contributed by atoms with E-state index in [4.69, 9.17) is 14.2 Å². The maximum Gasteiger partial charge on any atom is 0.410 e. The van der Waals surface area contributed by atoms with E-state index in [0.717, 1.165) is 25.7 Å². The van der Waals surface area contributed by atoms with Crippen LogP contribution >= 0.6 is 0 Å². The van der Waals surface area contributed by atoms with Gasteiger partial charge in [-0.3, -0.25) is 4.79 Å². The van der Waals surface area contributed by atoms with Crippen molar-refractivity contribution in [2.75, 3.05) is 13.7 Å². The van der Waals surface area contributed by atoms with Gasteiger partial charge in [-0.05, 0) is 81.5 Å². The summed E-state index contributed by atoms with van der Waals surface area (Å²) >= 11 is 0. The average molecular weight is 549 g/mol. The highest BCUT2D eigenvalue weighted by Gasteiger charge is 2.45. The molecule has 0 aliphatic heterocycles. The first-order valence-corrected chi connectivity index (χ1v) is 14.3. The molecule has 2 amide bonds. The van der Waals surface area contributed by atoms with Gasteiger partial charge in [-0.2, -0.15) is 0 Å². The molecule has 0 bridgehead atoms. The van der Waals surface area contributed by atoms with Crippen LogP contribution < -0.4 is 5.32 Å². The van der Waals surface area contributed by atoms with Gasteiger partial charge in [0.25, 0.3) is 0 Å². The number of esters is 1. The Labute approximate surface area is 236 Å². The second-order valence-corrected chi connectivity index (χ2v) is 12.2. The van der Waals surface area contributed by atoms with E-state index in [1.165, 1.54) is 29.4 Å². The molecular formula is C32H40N2O6. The zero-order chi connectivity index (χ0) is 28.4. The van der Waals surface area contributed by atoms with Crippen LogP contribution in [0.4, 0.5) is 9.59 Å². The topological polar surface area (TPSA) is 94.2 Å². The zero-order valence-corrected chi connectivity index (χ0v) is 23.9. The summed E-state index contributed by atoms with van der Waals surface area (Å²) in [6.45, 7) is 5.79. The molecule has 3 aliphatic carbocycles. The number of nitrogens with zero attached hydrogens (tertiary/aromatic N) is 1. The van der Waals surface area contributed by atoms with Crippen molar-refractivity contribution >= 4 is 18.2 Å². The van der Waals surface area contributed by atoms with E-state index < -0.39 is 11.7 Å². The fraction of sp³-hybridized carbons (Fsp3) is 0.531. The van der Waals surface area contributed by atoms with Crippen molar-refractivity contribution in [1.29, 1.82) is 0 Å². The largest absolute Gasteiger partial charge is 0.469 e. The number of ether oxygens (including phenoxy) is 3. The second kappa shape index (κ2) is 11.5. The highest BCUT2D eigenvalue weighted by Crippen LogP contribution is 2.45. The number of alkyl carbamates (subject to hydrolysis) is 1. The Hall–Kier alpha value is -3.55. The van der Waals surface area contributed by atoms with Gasteiger partial charge in [0.1, 0.15) is 12.2 Å². The Kier molecular flexibility index (Phi) is 8.06. The fourth-order valence-electron chi connectivity index (χ4n) is 6.41. The molecule has 40 heavy (non-hydrogen) atoms. The predicted molar refractivity (Wildman–Crippen MR) is 151 cm³/mol. The van der Waals surface area contributed by atoms with Crippen molar-refractivity contribution in [3.8, 4) is 11.1 Å². The van der Waals surface area contributed by atoms with Gasteiger partial charge in [-0.15, -0.1) is 0 Å². The Bertz CT molecular complexity index is 1190. The third-order valence-corrected chi connectivity index (χ3v) is 8.40. The van der Waals surface area contributed by atoms with Crippen LogP contribution in [0.5, 0.6) is 0 Å². The molecule has 0 atom stereocenters. The molecule has 2 saturated carbocycles. The Morgan fingerprint density at radius 3 is 2.00 bits per heavy atom. The number of carbonyl (C=O) groups is 3. The van der Waals surface area contributed by atoms with Gasteiger partial charge in [-0.1, -0.05) is 48.5 Å². The zero-order valence-electron chi connectivity index (χ0n) is 23.9. The SMILES string of the molecule is COC(=O)C1CC(N(C(=O)OCC2c3ccccc3-c3ccccc32)C2CCC(NC(=O)OC(C)(C)C)CC2)C1. The summed E-state index contributed by atoms with van der Waals surface area (Å²) in [6, 6.07) is 16.5. The van der Waals surface area contributed by atoms with Crippen LogP contribution in [0, 0.1) is 5.92 Å². The highest BCUT2D eigenvalue weighted by molar-refractivity contribution is 5.79. The van der Waals surface area contributed by atoms with Crippen LogP contribution in [-0.2, 0) is 19.0 Å².